The average Bonchev–Trinajstić information content (AvgIpc) is 2.70. The zero-order valence-corrected chi connectivity index (χ0v) is 19.7. The van der Waals surface area contributed by atoms with Gasteiger partial charge in [-0.05, 0) is 36.8 Å². The van der Waals surface area contributed by atoms with Crippen LogP contribution in [0.25, 0.3) is 0 Å². The zero-order chi connectivity index (χ0) is 18.4. The molecule has 2 aromatic rings. The molecule has 1 saturated heterocycles. The Labute approximate surface area is 187 Å². The highest BCUT2D eigenvalue weighted by Crippen LogP contribution is 2.23. The molecular weight excluding hydrogens is 517 g/mol. The maximum absolute atomic E-state index is 4.44. The minimum Gasteiger partial charge on any atom is -0.351 e. The number of nitrogens with one attached hydrogen (secondary N) is 1. The van der Waals surface area contributed by atoms with Gasteiger partial charge in [0.25, 0.3) is 0 Å². The molecule has 0 aliphatic carbocycles. The summed E-state index contributed by atoms with van der Waals surface area (Å²) in [5.41, 5.74) is 2.38. The van der Waals surface area contributed by atoms with Crippen molar-refractivity contribution < 1.29 is 0 Å². The van der Waals surface area contributed by atoms with Crippen LogP contribution >= 0.6 is 39.9 Å². The first kappa shape index (κ1) is 22.1. The lowest BCUT2D eigenvalue weighted by atomic mass is 10.1. The Morgan fingerprint density at radius 2 is 1.85 bits per heavy atom. The first-order valence-electron chi connectivity index (χ1n) is 9.02. The maximum atomic E-state index is 4.44. The average molecular weight is 544 g/mol. The highest BCUT2D eigenvalue weighted by Gasteiger charge is 2.23. The van der Waals surface area contributed by atoms with Crippen molar-refractivity contribution in [3.05, 3.63) is 64.4 Å². The van der Waals surface area contributed by atoms with Crippen molar-refractivity contribution >= 4 is 45.9 Å². The SMILES string of the molecule is CN=C(NCc1ccccn1)N1CCN(C(C)c2ccc(Br)cc2)CC1.I. The fourth-order valence-corrected chi connectivity index (χ4v) is 3.54. The molecule has 1 aromatic carbocycles. The molecule has 3 rings (SSSR count). The lowest BCUT2D eigenvalue weighted by Crippen LogP contribution is -2.52. The van der Waals surface area contributed by atoms with E-state index in [0.717, 1.165) is 42.3 Å². The van der Waals surface area contributed by atoms with Gasteiger partial charge in [-0.15, -0.1) is 24.0 Å². The van der Waals surface area contributed by atoms with Crippen molar-refractivity contribution in [3.8, 4) is 0 Å². The number of nitrogens with zero attached hydrogens (tertiary/aromatic N) is 4. The molecule has 0 amide bonds. The molecule has 0 radical (unpaired) electrons. The van der Waals surface area contributed by atoms with Gasteiger partial charge in [-0.1, -0.05) is 34.1 Å². The molecule has 1 aliphatic heterocycles. The van der Waals surface area contributed by atoms with Crippen LogP contribution in [0.3, 0.4) is 0 Å². The summed E-state index contributed by atoms with van der Waals surface area (Å²) >= 11 is 3.51. The van der Waals surface area contributed by atoms with Crippen LogP contribution in [-0.2, 0) is 6.54 Å². The monoisotopic (exact) mass is 543 g/mol. The molecule has 1 N–H and O–H groups in total. The van der Waals surface area contributed by atoms with E-state index in [1.54, 1.807) is 0 Å². The predicted molar refractivity (Wildman–Crippen MR) is 126 cm³/mol. The molecular formula is C20H27BrIN5. The highest BCUT2D eigenvalue weighted by molar-refractivity contribution is 14.0. The van der Waals surface area contributed by atoms with E-state index >= 15 is 0 Å². The molecule has 1 aliphatic rings. The van der Waals surface area contributed by atoms with Crippen LogP contribution in [0.1, 0.15) is 24.2 Å². The van der Waals surface area contributed by atoms with Crippen LogP contribution in [0.4, 0.5) is 0 Å². The fourth-order valence-electron chi connectivity index (χ4n) is 3.28. The number of rotatable bonds is 4. The first-order valence-corrected chi connectivity index (χ1v) is 9.81. The van der Waals surface area contributed by atoms with Crippen LogP contribution in [0, 0.1) is 0 Å². The number of piperazine rings is 1. The predicted octanol–water partition coefficient (Wildman–Crippen LogP) is 3.92. The van der Waals surface area contributed by atoms with Crippen LogP contribution in [0.2, 0.25) is 0 Å². The number of pyridine rings is 1. The standard InChI is InChI=1S/C20H26BrN5.HI/c1-16(17-6-8-18(21)9-7-17)25-11-13-26(14-12-25)20(22-2)24-15-19-5-3-4-10-23-19;/h3-10,16H,11-15H2,1-2H3,(H,22,24);1H. The van der Waals surface area contributed by atoms with E-state index in [2.05, 4.69) is 72.2 Å². The van der Waals surface area contributed by atoms with Crippen LogP contribution < -0.4 is 5.32 Å². The molecule has 0 spiro atoms. The Bertz CT molecular complexity index is 715. The van der Waals surface area contributed by atoms with E-state index in [1.807, 2.05) is 31.4 Å². The van der Waals surface area contributed by atoms with Gasteiger partial charge in [-0.25, -0.2) is 0 Å². The number of hydrogen-bond donors (Lipinski definition) is 1. The number of hydrogen-bond acceptors (Lipinski definition) is 3. The number of aliphatic imine (C=N–C) groups is 1. The van der Waals surface area contributed by atoms with Crippen molar-refractivity contribution in [2.45, 2.75) is 19.5 Å². The number of halogens is 2. The van der Waals surface area contributed by atoms with Crippen molar-refractivity contribution in [3.63, 3.8) is 0 Å². The Morgan fingerprint density at radius 1 is 1.15 bits per heavy atom. The molecule has 2 heterocycles. The van der Waals surface area contributed by atoms with Gasteiger partial charge < -0.3 is 10.2 Å². The van der Waals surface area contributed by atoms with Gasteiger partial charge in [0.2, 0.25) is 0 Å². The third-order valence-corrected chi connectivity index (χ3v) is 5.41. The van der Waals surface area contributed by atoms with E-state index in [0.29, 0.717) is 12.6 Å². The van der Waals surface area contributed by atoms with Crippen LogP contribution in [0.5, 0.6) is 0 Å². The van der Waals surface area contributed by atoms with Gasteiger partial charge in [0.1, 0.15) is 0 Å². The van der Waals surface area contributed by atoms with Crippen molar-refractivity contribution in [2.24, 2.45) is 4.99 Å². The second kappa shape index (κ2) is 11.0. The van der Waals surface area contributed by atoms with Crippen LogP contribution in [0.15, 0.2) is 58.1 Å². The van der Waals surface area contributed by atoms with Crippen molar-refractivity contribution in [1.29, 1.82) is 0 Å². The van der Waals surface area contributed by atoms with Gasteiger partial charge in [0.05, 0.1) is 12.2 Å². The van der Waals surface area contributed by atoms with E-state index in [-0.39, 0.29) is 24.0 Å². The summed E-state index contributed by atoms with van der Waals surface area (Å²) in [5.74, 6) is 0.951. The summed E-state index contributed by atoms with van der Waals surface area (Å²) in [6.07, 6.45) is 1.82. The minimum atomic E-state index is 0. The molecule has 7 heteroatoms. The molecule has 1 unspecified atom stereocenters. The number of guanidine groups is 1. The minimum absolute atomic E-state index is 0. The van der Waals surface area contributed by atoms with E-state index in [4.69, 9.17) is 0 Å². The maximum Gasteiger partial charge on any atom is 0.194 e. The quantitative estimate of drug-likeness (QED) is 0.361. The molecule has 0 saturated carbocycles. The third-order valence-electron chi connectivity index (χ3n) is 4.88. The fraction of sp³-hybridized carbons (Fsp3) is 0.400. The van der Waals surface area contributed by atoms with E-state index in [9.17, 15) is 0 Å². The molecule has 0 bridgehead atoms. The summed E-state index contributed by atoms with van der Waals surface area (Å²) in [6, 6.07) is 15.0. The lowest BCUT2D eigenvalue weighted by molar-refractivity contribution is 0.138. The summed E-state index contributed by atoms with van der Waals surface area (Å²) in [6.45, 7) is 6.99. The van der Waals surface area contributed by atoms with Gasteiger partial charge >= 0.3 is 0 Å². The number of aromatic nitrogens is 1. The molecule has 5 nitrogen and oxygen atoms in total. The molecule has 1 fully saturated rings. The largest absolute Gasteiger partial charge is 0.351 e. The van der Waals surface area contributed by atoms with Gasteiger partial charge in [-0.3, -0.25) is 14.9 Å². The first-order chi connectivity index (χ1) is 12.7. The second-order valence-electron chi connectivity index (χ2n) is 6.47. The third kappa shape index (κ3) is 6.15. The highest BCUT2D eigenvalue weighted by atomic mass is 127. The summed E-state index contributed by atoms with van der Waals surface area (Å²) < 4.78 is 1.13. The van der Waals surface area contributed by atoms with Crippen molar-refractivity contribution in [2.75, 3.05) is 33.2 Å². The molecule has 1 atom stereocenters. The van der Waals surface area contributed by atoms with Gasteiger partial charge in [-0.2, -0.15) is 0 Å². The summed E-state index contributed by atoms with van der Waals surface area (Å²) in [4.78, 5) is 13.7. The molecule has 27 heavy (non-hydrogen) atoms. The Kier molecular flexibility index (Phi) is 8.98. The topological polar surface area (TPSA) is 43.8 Å². The summed E-state index contributed by atoms with van der Waals surface area (Å²) in [5, 5.41) is 3.43. The Hall–Kier alpha value is -1.19. The smallest absolute Gasteiger partial charge is 0.194 e. The lowest BCUT2D eigenvalue weighted by Gasteiger charge is -2.39. The van der Waals surface area contributed by atoms with E-state index in [1.165, 1.54) is 5.56 Å². The van der Waals surface area contributed by atoms with Gasteiger partial charge in [0, 0.05) is 49.9 Å². The van der Waals surface area contributed by atoms with Gasteiger partial charge in [0.15, 0.2) is 5.96 Å². The van der Waals surface area contributed by atoms with Crippen molar-refractivity contribution in [1.82, 2.24) is 20.1 Å². The molecule has 146 valence electrons. The second-order valence-corrected chi connectivity index (χ2v) is 7.39. The Morgan fingerprint density at radius 3 is 2.44 bits per heavy atom. The molecule has 1 aromatic heterocycles. The Balaban J connectivity index is 0.00000261. The normalized spacial score (nSPS) is 16.6. The van der Waals surface area contributed by atoms with Crippen LogP contribution in [-0.4, -0.2) is 54.0 Å². The number of benzene rings is 1. The zero-order valence-electron chi connectivity index (χ0n) is 15.8. The van der Waals surface area contributed by atoms with E-state index < -0.39 is 0 Å². The summed E-state index contributed by atoms with van der Waals surface area (Å²) in [7, 11) is 1.84.